The quantitative estimate of drug-likeness (QED) is 0.209. The maximum absolute atomic E-state index is 12.6. The maximum atomic E-state index is 12.6. The summed E-state index contributed by atoms with van der Waals surface area (Å²) in [4.78, 5) is 23.5. The lowest BCUT2D eigenvalue weighted by Crippen LogP contribution is -2.59. The van der Waals surface area contributed by atoms with Crippen LogP contribution in [0.4, 0.5) is 0 Å². The highest BCUT2D eigenvalue weighted by Gasteiger charge is 2.64. The second kappa shape index (κ2) is 11.0. The molecule has 4 aliphatic rings. The van der Waals surface area contributed by atoms with Gasteiger partial charge in [0.25, 0.3) is 0 Å². The molecule has 5 nitrogen and oxygen atoms in total. The van der Waals surface area contributed by atoms with Crippen LogP contribution in [-0.2, 0) is 14.3 Å². The average molecular weight is 505 g/mol. The maximum Gasteiger partial charge on any atom is 0.306 e. The Morgan fingerprint density at radius 2 is 1.72 bits per heavy atom. The molecule has 4 aliphatic carbocycles. The van der Waals surface area contributed by atoms with Gasteiger partial charge in [-0.1, -0.05) is 46.5 Å². The van der Waals surface area contributed by atoms with Crippen molar-refractivity contribution in [1.82, 2.24) is 0 Å². The molecule has 4 fully saturated rings. The van der Waals surface area contributed by atoms with Gasteiger partial charge in [0.15, 0.2) is 0 Å². The van der Waals surface area contributed by atoms with Crippen LogP contribution in [0.25, 0.3) is 0 Å². The molecular formula is C31H52O5. The van der Waals surface area contributed by atoms with E-state index in [1.807, 2.05) is 0 Å². The van der Waals surface area contributed by atoms with Gasteiger partial charge in [0.05, 0.1) is 18.1 Å². The molecule has 206 valence electrons. The van der Waals surface area contributed by atoms with E-state index >= 15 is 0 Å². The topological polar surface area (TPSA) is 83.8 Å². The molecule has 0 heterocycles. The van der Waals surface area contributed by atoms with Gasteiger partial charge in [-0.25, -0.2) is 0 Å². The molecule has 0 saturated heterocycles. The minimum Gasteiger partial charge on any atom is -0.462 e. The van der Waals surface area contributed by atoms with Crippen LogP contribution in [-0.4, -0.2) is 40.3 Å². The number of aldehydes is 1. The molecule has 0 unspecified atom stereocenters. The predicted octanol–water partition coefficient (Wildman–Crippen LogP) is 6.23. The number of ether oxygens (including phenoxy) is 1. The van der Waals surface area contributed by atoms with Gasteiger partial charge >= 0.3 is 5.97 Å². The molecule has 4 rings (SSSR count). The molecule has 10 atom stereocenters. The first-order valence-electron chi connectivity index (χ1n) is 15.1. The number of esters is 1. The number of carbonyl (C=O) groups is 2. The van der Waals surface area contributed by atoms with Crippen LogP contribution in [0, 0.1) is 40.4 Å². The first kappa shape index (κ1) is 28.1. The van der Waals surface area contributed by atoms with Crippen LogP contribution < -0.4 is 0 Å². The zero-order valence-electron chi connectivity index (χ0n) is 23.3. The Morgan fingerprint density at radius 1 is 1.00 bits per heavy atom. The predicted molar refractivity (Wildman–Crippen MR) is 141 cm³/mol. The lowest BCUT2D eigenvalue weighted by Gasteiger charge is -2.63. The minimum absolute atomic E-state index is 0.0693. The number of aliphatic hydroxyl groups excluding tert-OH is 1. The third-order valence-corrected chi connectivity index (χ3v) is 11.7. The lowest BCUT2D eigenvalue weighted by atomic mass is 9.43. The summed E-state index contributed by atoms with van der Waals surface area (Å²) in [7, 11) is 0. The van der Waals surface area contributed by atoms with Gasteiger partial charge < -0.3 is 19.7 Å². The zero-order valence-corrected chi connectivity index (χ0v) is 23.3. The van der Waals surface area contributed by atoms with Gasteiger partial charge in [-0.05, 0) is 99.2 Å². The molecular weight excluding hydrogens is 452 g/mol. The average Bonchev–Trinajstić information content (AvgIpc) is 3.20. The van der Waals surface area contributed by atoms with Gasteiger partial charge in [-0.3, -0.25) is 4.79 Å². The summed E-state index contributed by atoms with van der Waals surface area (Å²) in [6, 6.07) is 0. The van der Waals surface area contributed by atoms with Crippen LogP contribution >= 0.6 is 0 Å². The number of carbonyl (C=O) groups excluding carboxylic acids is 2. The van der Waals surface area contributed by atoms with Gasteiger partial charge in [0, 0.05) is 12.3 Å². The van der Waals surface area contributed by atoms with E-state index in [0.717, 1.165) is 51.2 Å². The van der Waals surface area contributed by atoms with E-state index in [1.165, 1.54) is 32.1 Å². The smallest absolute Gasteiger partial charge is 0.306 e. The fourth-order valence-electron chi connectivity index (χ4n) is 9.89. The van der Waals surface area contributed by atoms with Gasteiger partial charge in [0.2, 0.25) is 0 Å². The first-order chi connectivity index (χ1) is 17.1. The Balaban J connectivity index is 1.56. The van der Waals surface area contributed by atoms with Crippen molar-refractivity contribution in [2.75, 3.05) is 0 Å². The summed E-state index contributed by atoms with van der Waals surface area (Å²) in [5.74, 6) is 1.86. The second-order valence-corrected chi connectivity index (χ2v) is 13.7. The lowest BCUT2D eigenvalue weighted by molar-refractivity contribution is -0.197. The van der Waals surface area contributed by atoms with Crippen molar-refractivity contribution in [3.8, 4) is 0 Å². The Hall–Kier alpha value is -0.940. The number of hydrogen-bond donors (Lipinski definition) is 2. The molecule has 0 amide bonds. The van der Waals surface area contributed by atoms with Crippen LogP contribution in [0.5, 0.6) is 0 Å². The van der Waals surface area contributed by atoms with Crippen LogP contribution in [0.2, 0.25) is 0 Å². The fourth-order valence-corrected chi connectivity index (χ4v) is 9.89. The van der Waals surface area contributed by atoms with Gasteiger partial charge in [-0.2, -0.15) is 0 Å². The Kier molecular flexibility index (Phi) is 8.61. The van der Waals surface area contributed by atoms with Crippen LogP contribution in [0.1, 0.15) is 124 Å². The van der Waals surface area contributed by atoms with E-state index in [4.69, 9.17) is 4.74 Å². The third kappa shape index (κ3) is 5.17. The normalized spacial score (nSPS) is 43.6. The molecule has 0 aromatic heterocycles. The summed E-state index contributed by atoms with van der Waals surface area (Å²) in [5.41, 5.74) is -0.431. The van der Waals surface area contributed by atoms with E-state index in [2.05, 4.69) is 27.7 Å². The summed E-state index contributed by atoms with van der Waals surface area (Å²) < 4.78 is 6.12. The van der Waals surface area contributed by atoms with Crippen molar-refractivity contribution in [1.29, 1.82) is 0 Å². The van der Waals surface area contributed by atoms with Crippen molar-refractivity contribution in [3.63, 3.8) is 0 Å². The van der Waals surface area contributed by atoms with E-state index in [0.29, 0.717) is 30.1 Å². The number of aliphatic hydroxyl groups is 2. The Bertz CT molecular complexity index is 779. The number of hydrogen-bond acceptors (Lipinski definition) is 5. The van der Waals surface area contributed by atoms with Crippen LogP contribution in [0.15, 0.2) is 0 Å². The van der Waals surface area contributed by atoms with Crippen molar-refractivity contribution < 1.29 is 24.5 Å². The van der Waals surface area contributed by atoms with Gasteiger partial charge in [-0.15, -0.1) is 0 Å². The zero-order chi connectivity index (χ0) is 26.1. The highest BCUT2D eigenvalue weighted by Crippen LogP contribution is 2.69. The molecule has 4 saturated carbocycles. The van der Waals surface area contributed by atoms with E-state index in [-0.39, 0.29) is 47.8 Å². The van der Waals surface area contributed by atoms with Crippen molar-refractivity contribution >= 4 is 12.3 Å². The molecule has 2 N–H and O–H groups in total. The molecule has 0 aromatic carbocycles. The SMILES string of the molecule is CCCCCC[C@](C)(O)[C@H]1CC[C@H]2[C@@H]3C[C@H](OC(=O)CCC=O)[C@H]4C[C@@H](O)CC[C@]4(C)[C@H]3CC[C@@]21C. The molecule has 5 heteroatoms. The van der Waals surface area contributed by atoms with E-state index < -0.39 is 5.60 Å². The summed E-state index contributed by atoms with van der Waals surface area (Å²) >= 11 is 0. The molecule has 0 radical (unpaired) electrons. The highest BCUT2D eigenvalue weighted by molar-refractivity contribution is 5.72. The van der Waals surface area contributed by atoms with Crippen molar-refractivity contribution in [2.24, 2.45) is 40.4 Å². The van der Waals surface area contributed by atoms with E-state index in [9.17, 15) is 19.8 Å². The van der Waals surface area contributed by atoms with Crippen molar-refractivity contribution in [3.05, 3.63) is 0 Å². The summed E-state index contributed by atoms with van der Waals surface area (Å²) in [6.45, 7) is 9.19. The Morgan fingerprint density at radius 3 is 2.44 bits per heavy atom. The molecule has 36 heavy (non-hydrogen) atoms. The van der Waals surface area contributed by atoms with E-state index in [1.54, 1.807) is 0 Å². The largest absolute Gasteiger partial charge is 0.462 e. The number of rotatable bonds is 10. The molecule has 0 aliphatic heterocycles. The first-order valence-corrected chi connectivity index (χ1v) is 15.1. The summed E-state index contributed by atoms with van der Waals surface area (Å²) in [6.07, 6.45) is 14.3. The van der Waals surface area contributed by atoms with Gasteiger partial charge in [0.1, 0.15) is 12.4 Å². The molecule has 0 bridgehead atoms. The fraction of sp³-hybridized carbons (Fsp3) is 0.935. The monoisotopic (exact) mass is 504 g/mol. The summed E-state index contributed by atoms with van der Waals surface area (Å²) in [5, 5.41) is 22.3. The number of unbranched alkanes of at least 4 members (excludes halogenated alkanes) is 3. The van der Waals surface area contributed by atoms with Crippen molar-refractivity contribution in [2.45, 2.75) is 142 Å². The standard InChI is InChI=1S/C31H52O5/c1-5-6-7-8-15-31(4,35)27-12-11-23-22-20-26(36-28(34)10-9-18-32)25-19-21(33)13-16-29(25,2)24(22)14-17-30(23,27)3/h18,21-27,33,35H,5-17,19-20H2,1-4H3/t21-,22-,23-,24-,25+,26-,27-,29+,30-,31-/m0/s1. The molecule has 0 aromatic rings. The minimum atomic E-state index is -0.624. The Labute approximate surface area is 219 Å². The third-order valence-electron chi connectivity index (χ3n) is 11.7. The van der Waals surface area contributed by atoms with Crippen LogP contribution in [0.3, 0.4) is 0 Å². The second-order valence-electron chi connectivity index (χ2n) is 13.7. The molecule has 0 spiro atoms. The highest BCUT2D eigenvalue weighted by atomic mass is 16.5. The number of fused-ring (bicyclic) bond motifs is 5.